The van der Waals surface area contributed by atoms with Crippen molar-refractivity contribution in [1.29, 1.82) is 0 Å². The van der Waals surface area contributed by atoms with Crippen LogP contribution in [0, 0.1) is 5.92 Å². The van der Waals surface area contributed by atoms with Gasteiger partial charge in [-0.2, -0.15) is 0 Å². The number of nitrogens with zero attached hydrogens (tertiary/aromatic N) is 1. The van der Waals surface area contributed by atoms with Crippen LogP contribution in [-0.4, -0.2) is 47.6 Å². The largest absolute Gasteiger partial charge is 0.386 e. The van der Waals surface area contributed by atoms with Crippen molar-refractivity contribution in [2.75, 3.05) is 25.1 Å². The van der Waals surface area contributed by atoms with Crippen LogP contribution in [-0.2, 0) is 14.3 Å². The number of morpholine rings is 1. The molecule has 6 nitrogen and oxygen atoms in total. The Hall–Kier alpha value is -1.92. The van der Waals surface area contributed by atoms with E-state index in [4.69, 9.17) is 4.74 Å². The van der Waals surface area contributed by atoms with E-state index in [-0.39, 0.29) is 24.5 Å². The fourth-order valence-corrected chi connectivity index (χ4v) is 3.96. The minimum atomic E-state index is -0.811. The van der Waals surface area contributed by atoms with Crippen LogP contribution in [0.4, 0.5) is 5.69 Å². The molecule has 1 aromatic rings. The molecule has 0 bridgehead atoms. The molecular formula is C20H28N2O4. The van der Waals surface area contributed by atoms with Crippen molar-refractivity contribution in [3.63, 3.8) is 0 Å². The first-order chi connectivity index (χ1) is 12.5. The average Bonchev–Trinajstić information content (AvgIpc) is 2.64. The molecule has 1 saturated carbocycles. The molecule has 6 heteroatoms. The topological polar surface area (TPSA) is 78.9 Å². The molecule has 1 unspecified atom stereocenters. The Kier molecular flexibility index (Phi) is 6.27. The molecule has 1 heterocycles. The third-order valence-corrected chi connectivity index (χ3v) is 5.35. The summed E-state index contributed by atoms with van der Waals surface area (Å²) in [5, 5.41) is 13.6. The van der Waals surface area contributed by atoms with E-state index >= 15 is 0 Å². The summed E-state index contributed by atoms with van der Waals surface area (Å²) < 4.78 is 5.42. The van der Waals surface area contributed by atoms with E-state index in [1.54, 1.807) is 24.3 Å². The van der Waals surface area contributed by atoms with E-state index in [9.17, 15) is 14.7 Å². The summed E-state index contributed by atoms with van der Waals surface area (Å²) in [7, 11) is 0. The smallest absolute Gasteiger partial charge is 0.249 e. The molecule has 2 amide bonds. The van der Waals surface area contributed by atoms with Crippen LogP contribution in [0.1, 0.15) is 50.7 Å². The van der Waals surface area contributed by atoms with E-state index < -0.39 is 6.10 Å². The molecule has 26 heavy (non-hydrogen) atoms. The number of carbonyl (C=O) groups is 2. The molecule has 2 fully saturated rings. The molecular weight excluding hydrogens is 332 g/mol. The second-order valence-corrected chi connectivity index (χ2v) is 7.38. The molecule has 1 saturated heterocycles. The molecule has 0 radical (unpaired) electrons. The SMILES string of the molecule is CC(=O)Nc1ccc(C(O)[C@H]2COCC(=O)N2CC2CCCCC2)cc1. The van der Waals surface area contributed by atoms with Crippen molar-refractivity contribution in [3.05, 3.63) is 29.8 Å². The van der Waals surface area contributed by atoms with Crippen LogP contribution in [0.3, 0.4) is 0 Å². The van der Waals surface area contributed by atoms with Crippen molar-refractivity contribution >= 4 is 17.5 Å². The van der Waals surface area contributed by atoms with Crippen LogP contribution in [0.5, 0.6) is 0 Å². The van der Waals surface area contributed by atoms with Crippen LogP contribution in [0.25, 0.3) is 0 Å². The first-order valence-corrected chi connectivity index (χ1v) is 9.47. The van der Waals surface area contributed by atoms with Crippen molar-refractivity contribution in [1.82, 2.24) is 4.90 Å². The number of hydrogen-bond donors (Lipinski definition) is 2. The van der Waals surface area contributed by atoms with Gasteiger partial charge in [-0.3, -0.25) is 9.59 Å². The van der Waals surface area contributed by atoms with Crippen molar-refractivity contribution in [2.45, 2.75) is 51.2 Å². The summed E-state index contributed by atoms with van der Waals surface area (Å²) in [5.74, 6) is 0.339. The lowest BCUT2D eigenvalue weighted by Gasteiger charge is -2.40. The van der Waals surface area contributed by atoms with Gasteiger partial charge in [0, 0.05) is 19.2 Å². The minimum Gasteiger partial charge on any atom is -0.386 e. The molecule has 3 rings (SSSR count). The molecule has 0 aromatic heterocycles. The first kappa shape index (κ1) is 18.9. The van der Waals surface area contributed by atoms with Gasteiger partial charge in [0.2, 0.25) is 11.8 Å². The fourth-order valence-electron chi connectivity index (χ4n) is 3.96. The van der Waals surface area contributed by atoms with Gasteiger partial charge in [0.15, 0.2) is 0 Å². The number of amides is 2. The Balaban J connectivity index is 1.71. The highest BCUT2D eigenvalue weighted by Gasteiger charge is 2.36. The second-order valence-electron chi connectivity index (χ2n) is 7.38. The summed E-state index contributed by atoms with van der Waals surface area (Å²) in [5.41, 5.74) is 1.40. The van der Waals surface area contributed by atoms with Gasteiger partial charge in [-0.15, -0.1) is 0 Å². The number of anilines is 1. The van der Waals surface area contributed by atoms with Crippen LogP contribution in [0.15, 0.2) is 24.3 Å². The number of rotatable bonds is 5. The zero-order chi connectivity index (χ0) is 18.5. The first-order valence-electron chi connectivity index (χ1n) is 9.47. The Morgan fingerprint density at radius 2 is 1.96 bits per heavy atom. The highest BCUT2D eigenvalue weighted by molar-refractivity contribution is 5.88. The van der Waals surface area contributed by atoms with Crippen molar-refractivity contribution < 1.29 is 19.4 Å². The van der Waals surface area contributed by atoms with Gasteiger partial charge in [-0.1, -0.05) is 31.4 Å². The number of aliphatic hydroxyl groups excluding tert-OH is 1. The summed E-state index contributed by atoms with van der Waals surface area (Å²) in [6.45, 7) is 2.59. The van der Waals surface area contributed by atoms with Crippen LogP contribution >= 0.6 is 0 Å². The predicted molar refractivity (Wildman–Crippen MR) is 98.6 cm³/mol. The quantitative estimate of drug-likeness (QED) is 0.846. The van der Waals surface area contributed by atoms with E-state index in [1.165, 1.54) is 26.2 Å². The van der Waals surface area contributed by atoms with E-state index in [0.717, 1.165) is 18.4 Å². The number of ether oxygens (including phenoxy) is 1. The van der Waals surface area contributed by atoms with Gasteiger partial charge in [0.25, 0.3) is 0 Å². The normalized spacial score (nSPS) is 22.9. The lowest BCUT2D eigenvalue weighted by Crippen LogP contribution is -2.53. The standard InChI is InChI=1S/C20H28N2O4/c1-14(23)21-17-9-7-16(8-10-17)20(25)18-12-26-13-19(24)22(18)11-15-5-3-2-4-6-15/h7-10,15,18,20,25H,2-6,11-13H2,1H3,(H,21,23)/t18-,20?/m1/s1. The lowest BCUT2D eigenvalue weighted by atomic mass is 9.88. The lowest BCUT2D eigenvalue weighted by molar-refractivity contribution is -0.155. The Bertz CT molecular complexity index is 625. The zero-order valence-electron chi connectivity index (χ0n) is 15.3. The Morgan fingerprint density at radius 1 is 1.27 bits per heavy atom. The molecule has 1 aliphatic heterocycles. The number of hydrogen-bond acceptors (Lipinski definition) is 4. The number of aliphatic hydroxyl groups is 1. The van der Waals surface area contributed by atoms with Crippen molar-refractivity contribution in [3.8, 4) is 0 Å². The average molecular weight is 360 g/mol. The number of benzene rings is 1. The summed E-state index contributed by atoms with van der Waals surface area (Å²) in [6, 6.07) is 6.72. The van der Waals surface area contributed by atoms with Gasteiger partial charge in [0.05, 0.1) is 12.6 Å². The number of carbonyl (C=O) groups excluding carboxylic acids is 2. The van der Waals surface area contributed by atoms with Crippen LogP contribution < -0.4 is 5.32 Å². The maximum atomic E-state index is 12.4. The zero-order valence-corrected chi connectivity index (χ0v) is 15.3. The number of nitrogens with one attached hydrogen (secondary N) is 1. The fraction of sp³-hybridized carbons (Fsp3) is 0.600. The molecule has 2 atom stereocenters. The molecule has 0 spiro atoms. The minimum absolute atomic E-state index is 0.0410. The molecule has 142 valence electrons. The monoisotopic (exact) mass is 360 g/mol. The highest BCUT2D eigenvalue weighted by Crippen LogP contribution is 2.29. The maximum Gasteiger partial charge on any atom is 0.249 e. The van der Waals surface area contributed by atoms with Crippen molar-refractivity contribution in [2.24, 2.45) is 5.92 Å². The van der Waals surface area contributed by atoms with E-state index in [1.807, 2.05) is 4.90 Å². The third kappa shape index (κ3) is 4.62. The van der Waals surface area contributed by atoms with Gasteiger partial charge in [-0.05, 0) is 36.5 Å². The summed E-state index contributed by atoms with van der Waals surface area (Å²) in [4.78, 5) is 25.4. The third-order valence-electron chi connectivity index (χ3n) is 5.35. The van der Waals surface area contributed by atoms with E-state index in [0.29, 0.717) is 24.8 Å². The van der Waals surface area contributed by atoms with Gasteiger partial charge < -0.3 is 20.1 Å². The highest BCUT2D eigenvalue weighted by atomic mass is 16.5. The van der Waals surface area contributed by atoms with Crippen LogP contribution in [0.2, 0.25) is 0 Å². The van der Waals surface area contributed by atoms with Gasteiger partial charge in [-0.25, -0.2) is 0 Å². The molecule has 2 N–H and O–H groups in total. The summed E-state index contributed by atoms with van der Waals surface area (Å²) in [6.07, 6.45) is 5.22. The van der Waals surface area contributed by atoms with E-state index in [2.05, 4.69) is 5.32 Å². The molecule has 1 aromatic carbocycles. The summed E-state index contributed by atoms with van der Waals surface area (Å²) >= 11 is 0. The predicted octanol–water partition coefficient (Wildman–Crippen LogP) is 2.49. The second kappa shape index (κ2) is 8.64. The Morgan fingerprint density at radius 3 is 2.62 bits per heavy atom. The van der Waals surface area contributed by atoms with Gasteiger partial charge in [0.1, 0.15) is 12.7 Å². The Labute approximate surface area is 154 Å². The molecule has 1 aliphatic carbocycles. The molecule has 2 aliphatic rings. The van der Waals surface area contributed by atoms with Gasteiger partial charge >= 0.3 is 0 Å². The maximum absolute atomic E-state index is 12.4.